The van der Waals surface area contributed by atoms with Crippen molar-refractivity contribution < 1.29 is 18.7 Å². The van der Waals surface area contributed by atoms with Crippen molar-refractivity contribution in [3.63, 3.8) is 0 Å². The number of rotatable bonds is 4. The lowest BCUT2D eigenvalue weighted by molar-refractivity contribution is 0.0600. The van der Waals surface area contributed by atoms with Crippen molar-refractivity contribution in [1.29, 1.82) is 0 Å². The van der Waals surface area contributed by atoms with Gasteiger partial charge >= 0.3 is 5.97 Å². The zero-order chi connectivity index (χ0) is 20.5. The first-order chi connectivity index (χ1) is 14.0. The summed E-state index contributed by atoms with van der Waals surface area (Å²) in [6, 6.07) is 10.5. The van der Waals surface area contributed by atoms with Gasteiger partial charge in [-0.2, -0.15) is 5.10 Å². The number of hydrogen-bond donors (Lipinski definition) is 1. The molecule has 4 rings (SSSR count). The lowest BCUT2D eigenvalue weighted by atomic mass is 10.1. The summed E-state index contributed by atoms with van der Waals surface area (Å²) in [7, 11) is 1.28. The van der Waals surface area contributed by atoms with Gasteiger partial charge in [-0.25, -0.2) is 13.9 Å². The molecule has 0 radical (unpaired) electrons. The van der Waals surface area contributed by atoms with Crippen LogP contribution in [0.2, 0.25) is 5.02 Å². The number of hydrogen-bond acceptors (Lipinski definition) is 4. The van der Waals surface area contributed by atoms with Gasteiger partial charge in [0, 0.05) is 11.3 Å². The molecule has 148 valence electrons. The molecule has 1 aliphatic carbocycles. The highest BCUT2D eigenvalue weighted by atomic mass is 35.5. The third-order valence-electron chi connectivity index (χ3n) is 4.85. The van der Waals surface area contributed by atoms with Gasteiger partial charge in [-0.15, -0.1) is 0 Å². The van der Waals surface area contributed by atoms with Crippen molar-refractivity contribution in [3.05, 3.63) is 75.8 Å². The number of carbonyl (C=O) groups is 2. The summed E-state index contributed by atoms with van der Waals surface area (Å²) in [4.78, 5) is 24.7. The summed E-state index contributed by atoms with van der Waals surface area (Å²) in [6.45, 7) is 0. The zero-order valence-corrected chi connectivity index (χ0v) is 16.3. The molecule has 1 amide bonds. The molecule has 1 aromatic heterocycles. The second-order valence-corrected chi connectivity index (χ2v) is 7.06. The van der Waals surface area contributed by atoms with Crippen LogP contribution >= 0.6 is 11.6 Å². The molecule has 0 unspecified atom stereocenters. The number of amides is 1. The molecule has 0 spiro atoms. The fourth-order valence-electron chi connectivity index (χ4n) is 3.46. The van der Waals surface area contributed by atoms with E-state index in [2.05, 4.69) is 10.4 Å². The third-order valence-corrected chi connectivity index (χ3v) is 5.18. The Kier molecular flexibility index (Phi) is 5.07. The molecule has 29 heavy (non-hydrogen) atoms. The maximum atomic E-state index is 13.3. The Bertz CT molecular complexity index is 1110. The second kappa shape index (κ2) is 7.67. The summed E-state index contributed by atoms with van der Waals surface area (Å²) in [5.74, 6) is -1.29. The molecule has 3 aromatic rings. The van der Waals surface area contributed by atoms with Crippen molar-refractivity contribution >= 4 is 29.2 Å². The number of fused-ring (bicyclic) bond motifs is 1. The SMILES string of the molecule is COC(=O)c1ccc(Cl)c(NC(=O)c2nn(-c3ccc(F)cc3)c3c2CCC3)c1. The number of methoxy groups -OCH3 is 1. The minimum atomic E-state index is -0.529. The van der Waals surface area contributed by atoms with Gasteiger partial charge < -0.3 is 10.1 Å². The van der Waals surface area contributed by atoms with Gasteiger partial charge in [0.15, 0.2) is 5.69 Å². The molecular formula is C21H17ClFN3O3. The van der Waals surface area contributed by atoms with Gasteiger partial charge in [0.05, 0.1) is 29.1 Å². The Morgan fingerprint density at radius 2 is 1.93 bits per heavy atom. The van der Waals surface area contributed by atoms with Gasteiger partial charge in [-0.1, -0.05) is 11.6 Å². The van der Waals surface area contributed by atoms with E-state index in [1.54, 1.807) is 16.8 Å². The van der Waals surface area contributed by atoms with Gasteiger partial charge in [0.1, 0.15) is 5.82 Å². The molecule has 6 nitrogen and oxygen atoms in total. The first-order valence-corrected chi connectivity index (χ1v) is 9.41. The Morgan fingerprint density at radius 3 is 2.66 bits per heavy atom. The summed E-state index contributed by atoms with van der Waals surface area (Å²) in [5, 5.41) is 7.51. The van der Waals surface area contributed by atoms with Crippen LogP contribution in [-0.2, 0) is 17.6 Å². The molecular weight excluding hydrogens is 397 g/mol. The minimum Gasteiger partial charge on any atom is -0.465 e. The smallest absolute Gasteiger partial charge is 0.337 e. The highest BCUT2D eigenvalue weighted by Gasteiger charge is 2.27. The van der Waals surface area contributed by atoms with Crippen LogP contribution in [-0.4, -0.2) is 28.8 Å². The fraction of sp³-hybridized carbons (Fsp3) is 0.190. The van der Waals surface area contributed by atoms with Crippen LogP contribution in [0.4, 0.5) is 10.1 Å². The molecule has 1 N–H and O–H groups in total. The Balaban J connectivity index is 1.68. The molecule has 0 bridgehead atoms. The van der Waals surface area contributed by atoms with E-state index in [4.69, 9.17) is 16.3 Å². The summed E-state index contributed by atoms with van der Waals surface area (Å²) < 4.78 is 19.7. The molecule has 2 aromatic carbocycles. The molecule has 1 heterocycles. The Hall–Kier alpha value is -3.19. The number of ether oxygens (including phenoxy) is 1. The average molecular weight is 414 g/mol. The van der Waals surface area contributed by atoms with Crippen LogP contribution in [0.25, 0.3) is 5.69 Å². The lowest BCUT2D eigenvalue weighted by Crippen LogP contribution is -2.16. The minimum absolute atomic E-state index is 0.272. The fourth-order valence-corrected chi connectivity index (χ4v) is 3.63. The predicted molar refractivity (Wildman–Crippen MR) is 106 cm³/mol. The molecule has 0 saturated carbocycles. The quantitative estimate of drug-likeness (QED) is 0.651. The van der Waals surface area contributed by atoms with Crippen LogP contribution in [0.15, 0.2) is 42.5 Å². The number of nitrogens with zero attached hydrogens (tertiary/aromatic N) is 2. The molecule has 1 aliphatic rings. The molecule has 8 heteroatoms. The number of aromatic nitrogens is 2. The number of esters is 1. The lowest BCUT2D eigenvalue weighted by Gasteiger charge is -2.08. The zero-order valence-electron chi connectivity index (χ0n) is 15.5. The van der Waals surface area contributed by atoms with Gasteiger partial charge in [0.25, 0.3) is 5.91 Å². The first-order valence-electron chi connectivity index (χ1n) is 9.04. The molecule has 0 saturated heterocycles. The average Bonchev–Trinajstić information content (AvgIpc) is 3.32. The first kappa shape index (κ1) is 19.1. The van der Waals surface area contributed by atoms with E-state index in [0.717, 1.165) is 30.5 Å². The summed E-state index contributed by atoms with van der Waals surface area (Å²) in [6.07, 6.45) is 2.42. The normalized spacial score (nSPS) is 12.5. The van der Waals surface area contributed by atoms with Crippen molar-refractivity contribution in [2.24, 2.45) is 0 Å². The van der Waals surface area contributed by atoms with E-state index in [0.29, 0.717) is 22.1 Å². The predicted octanol–water partition coefficient (Wildman–Crippen LogP) is 4.19. The number of halogens is 2. The molecule has 0 atom stereocenters. The van der Waals surface area contributed by atoms with Crippen molar-refractivity contribution in [2.45, 2.75) is 19.3 Å². The second-order valence-electron chi connectivity index (χ2n) is 6.66. The number of benzene rings is 2. The monoisotopic (exact) mass is 413 g/mol. The maximum Gasteiger partial charge on any atom is 0.337 e. The topological polar surface area (TPSA) is 73.2 Å². The number of nitrogens with one attached hydrogen (secondary N) is 1. The molecule has 0 fully saturated rings. The van der Waals surface area contributed by atoms with Gasteiger partial charge in [-0.05, 0) is 61.7 Å². The highest BCUT2D eigenvalue weighted by molar-refractivity contribution is 6.34. The van der Waals surface area contributed by atoms with E-state index in [-0.39, 0.29) is 11.4 Å². The highest BCUT2D eigenvalue weighted by Crippen LogP contribution is 2.30. The van der Waals surface area contributed by atoms with E-state index in [1.165, 1.54) is 37.4 Å². The van der Waals surface area contributed by atoms with Crippen LogP contribution < -0.4 is 5.32 Å². The van der Waals surface area contributed by atoms with Crippen molar-refractivity contribution in [3.8, 4) is 5.69 Å². The van der Waals surface area contributed by atoms with E-state index in [1.807, 2.05) is 0 Å². The third kappa shape index (κ3) is 3.61. The summed E-state index contributed by atoms with van der Waals surface area (Å²) in [5.41, 5.74) is 3.36. The van der Waals surface area contributed by atoms with E-state index in [9.17, 15) is 14.0 Å². The van der Waals surface area contributed by atoms with E-state index < -0.39 is 11.9 Å². The number of carbonyl (C=O) groups excluding carboxylic acids is 2. The van der Waals surface area contributed by atoms with E-state index >= 15 is 0 Å². The summed E-state index contributed by atoms with van der Waals surface area (Å²) >= 11 is 6.18. The standard InChI is InChI=1S/C21H17ClFN3O3/c1-29-21(28)12-5-10-16(22)17(11-12)24-20(27)19-15-3-2-4-18(15)26(25-19)14-8-6-13(23)7-9-14/h5-11H,2-4H2,1H3,(H,24,27). The Labute approximate surface area is 171 Å². The van der Waals surface area contributed by atoms with Gasteiger partial charge in [0.2, 0.25) is 0 Å². The van der Waals surface area contributed by atoms with Crippen LogP contribution in [0.3, 0.4) is 0 Å². The Morgan fingerprint density at radius 1 is 1.17 bits per heavy atom. The molecule has 0 aliphatic heterocycles. The van der Waals surface area contributed by atoms with Crippen molar-refractivity contribution in [2.75, 3.05) is 12.4 Å². The van der Waals surface area contributed by atoms with Crippen molar-refractivity contribution in [1.82, 2.24) is 9.78 Å². The van der Waals surface area contributed by atoms with Crippen LogP contribution in [0, 0.1) is 5.82 Å². The van der Waals surface area contributed by atoms with Crippen LogP contribution in [0.5, 0.6) is 0 Å². The number of anilines is 1. The van der Waals surface area contributed by atoms with Gasteiger partial charge in [-0.3, -0.25) is 4.79 Å². The maximum absolute atomic E-state index is 13.3. The largest absolute Gasteiger partial charge is 0.465 e. The van der Waals surface area contributed by atoms with Crippen LogP contribution in [0.1, 0.15) is 38.5 Å².